The van der Waals surface area contributed by atoms with Gasteiger partial charge in [-0.3, -0.25) is 4.98 Å². The Bertz CT molecular complexity index is 836. The highest BCUT2D eigenvalue weighted by molar-refractivity contribution is 5.85. The second kappa shape index (κ2) is 6.34. The third-order valence-corrected chi connectivity index (χ3v) is 4.95. The van der Waals surface area contributed by atoms with E-state index in [9.17, 15) is 5.11 Å². The van der Waals surface area contributed by atoms with Crippen molar-refractivity contribution in [3.05, 3.63) is 66.4 Å². The van der Waals surface area contributed by atoms with Crippen LogP contribution in [0.2, 0.25) is 0 Å². The molecule has 0 radical (unpaired) electrons. The first-order valence-corrected chi connectivity index (χ1v) is 8.59. The Morgan fingerprint density at radius 1 is 0.958 bits per heavy atom. The summed E-state index contributed by atoms with van der Waals surface area (Å²) in [6, 6.07) is 18.9. The Balaban J connectivity index is 1.56. The molecule has 0 aliphatic carbocycles. The Hall–Kier alpha value is -2.23. The summed E-state index contributed by atoms with van der Waals surface area (Å²) >= 11 is 0. The molecule has 2 heterocycles. The fraction of sp³-hybridized carbons (Fsp3) is 0.286. The minimum absolute atomic E-state index is 0.562. The smallest absolute Gasteiger partial charge is 0.0712 e. The molecule has 1 aromatic heterocycles. The lowest BCUT2D eigenvalue weighted by Gasteiger charge is -2.32. The van der Waals surface area contributed by atoms with Crippen molar-refractivity contribution in [2.45, 2.75) is 24.9 Å². The molecule has 0 atom stereocenters. The van der Waals surface area contributed by atoms with E-state index in [1.807, 2.05) is 12.3 Å². The van der Waals surface area contributed by atoms with E-state index in [1.54, 1.807) is 0 Å². The molecule has 1 aliphatic heterocycles. The molecule has 2 aromatic carbocycles. The average molecular weight is 318 g/mol. The van der Waals surface area contributed by atoms with Gasteiger partial charge in [0.05, 0.1) is 11.3 Å². The topological polar surface area (TPSA) is 45.2 Å². The molecule has 0 amide bonds. The summed E-state index contributed by atoms with van der Waals surface area (Å²) in [5, 5.41) is 16.3. The second-order valence-electron chi connectivity index (χ2n) is 6.76. The van der Waals surface area contributed by atoms with Gasteiger partial charge in [-0.25, -0.2) is 0 Å². The molecular formula is C21H22N2O. The fourth-order valence-corrected chi connectivity index (χ4v) is 3.48. The predicted molar refractivity (Wildman–Crippen MR) is 97.9 cm³/mol. The van der Waals surface area contributed by atoms with E-state index >= 15 is 0 Å². The molecule has 3 heteroatoms. The standard InChI is InChI=1S/C21H22N2O/c24-21(9-11-22-12-10-21)14-16-5-7-17(8-6-16)20-13-18-3-1-2-4-19(18)15-23-20/h1-8,13,15,22,24H,9-12,14H2. The largest absolute Gasteiger partial charge is 0.389 e. The van der Waals surface area contributed by atoms with Crippen LogP contribution >= 0.6 is 0 Å². The normalized spacial score (nSPS) is 17.0. The van der Waals surface area contributed by atoms with Crippen molar-refractivity contribution >= 4 is 10.8 Å². The first-order chi connectivity index (χ1) is 11.7. The quantitative estimate of drug-likeness (QED) is 0.776. The van der Waals surface area contributed by atoms with Crippen molar-refractivity contribution in [3.8, 4) is 11.3 Å². The summed E-state index contributed by atoms with van der Waals surface area (Å²) in [4.78, 5) is 4.58. The summed E-state index contributed by atoms with van der Waals surface area (Å²) in [6.45, 7) is 1.80. The van der Waals surface area contributed by atoms with Crippen molar-refractivity contribution in [1.29, 1.82) is 0 Å². The van der Waals surface area contributed by atoms with Crippen LogP contribution in [0.25, 0.3) is 22.0 Å². The molecule has 0 spiro atoms. The van der Waals surface area contributed by atoms with Gasteiger partial charge in [0, 0.05) is 23.6 Å². The van der Waals surface area contributed by atoms with E-state index in [0.717, 1.165) is 49.0 Å². The maximum Gasteiger partial charge on any atom is 0.0712 e. The van der Waals surface area contributed by atoms with Crippen LogP contribution in [0.3, 0.4) is 0 Å². The summed E-state index contributed by atoms with van der Waals surface area (Å²) in [5.74, 6) is 0. The number of hydrogen-bond acceptors (Lipinski definition) is 3. The summed E-state index contributed by atoms with van der Waals surface area (Å²) in [5.41, 5.74) is 2.72. The number of aromatic nitrogens is 1. The van der Waals surface area contributed by atoms with E-state index in [4.69, 9.17) is 0 Å². The maximum absolute atomic E-state index is 10.7. The minimum Gasteiger partial charge on any atom is -0.389 e. The molecule has 2 N–H and O–H groups in total. The van der Waals surface area contributed by atoms with Gasteiger partial charge in [-0.2, -0.15) is 0 Å². The molecule has 4 rings (SSSR count). The van der Waals surface area contributed by atoms with Crippen LogP contribution in [-0.2, 0) is 6.42 Å². The lowest BCUT2D eigenvalue weighted by molar-refractivity contribution is 0.0109. The number of aliphatic hydroxyl groups is 1. The number of nitrogens with one attached hydrogen (secondary N) is 1. The van der Waals surface area contributed by atoms with Gasteiger partial charge < -0.3 is 10.4 Å². The van der Waals surface area contributed by atoms with Crippen LogP contribution in [0.15, 0.2) is 60.8 Å². The highest BCUT2D eigenvalue weighted by Crippen LogP contribution is 2.26. The Morgan fingerprint density at radius 2 is 1.67 bits per heavy atom. The van der Waals surface area contributed by atoms with Gasteiger partial charge in [0.15, 0.2) is 0 Å². The fourth-order valence-electron chi connectivity index (χ4n) is 3.48. The van der Waals surface area contributed by atoms with Crippen molar-refractivity contribution in [2.24, 2.45) is 0 Å². The first-order valence-electron chi connectivity index (χ1n) is 8.59. The number of pyridine rings is 1. The Labute approximate surface area is 142 Å². The van der Waals surface area contributed by atoms with E-state index in [2.05, 4.69) is 58.8 Å². The molecule has 3 aromatic rings. The summed E-state index contributed by atoms with van der Waals surface area (Å²) in [6.07, 6.45) is 4.29. The highest BCUT2D eigenvalue weighted by Gasteiger charge is 2.29. The minimum atomic E-state index is -0.562. The van der Waals surface area contributed by atoms with E-state index in [0.29, 0.717) is 0 Å². The number of nitrogens with zero attached hydrogens (tertiary/aromatic N) is 1. The monoisotopic (exact) mass is 318 g/mol. The molecule has 0 bridgehead atoms. The predicted octanol–water partition coefficient (Wildman–Crippen LogP) is 3.56. The summed E-state index contributed by atoms with van der Waals surface area (Å²) in [7, 11) is 0. The van der Waals surface area contributed by atoms with Gasteiger partial charge >= 0.3 is 0 Å². The molecule has 0 unspecified atom stereocenters. The highest BCUT2D eigenvalue weighted by atomic mass is 16.3. The van der Waals surface area contributed by atoms with Gasteiger partial charge in [-0.05, 0) is 42.9 Å². The van der Waals surface area contributed by atoms with Crippen LogP contribution in [0, 0.1) is 0 Å². The van der Waals surface area contributed by atoms with Crippen molar-refractivity contribution in [3.63, 3.8) is 0 Å². The number of piperidine rings is 1. The zero-order valence-corrected chi connectivity index (χ0v) is 13.7. The molecular weight excluding hydrogens is 296 g/mol. The number of fused-ring (bicyclic) bond motifs is 1. The van der Waals surface area contributed by atoms with Crippen LogP contribution < -0.4 is 5.32 Å². The van der Waals surface area contributed by atoms with Gasteiger partial charge in [0.25, 0.3) is 0 Å². The van der Waals surface area contributed by atoms with Crippen molar-refractivity contribution in [2.75, 3.05) is 13.1 Å². The zero-order valence-electron chi connectivity index (χ0n) is 13.7. The van der Waals surface area contributed by atoms with Gasteiger partial charge in [0.2, 0.25) is 0 Å². The van der Waals surface area contributed by atoms with Crippen molar-refractivity contribution < 1.29 is 5.11 Å². The average Bonchev–Trinajstić information content (AvgIpc) is 2.62. The third-order valence-electron chi connectivity index (χ3n) is 4.95. The van der Waals surface area contributed by atoms with Crippen LogP contribution in [0.1, 0.15) is 18.4 Å². The maximum atomic E-state index is 10.7. The number of rotatable bonds is 3. The molecule has 122 valence electrons. The molecule has 3 nitrogen and oxygen atoms in total. The SMILES string of the molecule is OC1(Cc2ccc(-c3cc4ccccc4cn3)cc2)CCNCC1. The van der Waals surface area contributed by atoms with E-state index in [-0.39, 0.29) is 0 Å². The summed E-state index contributed by atoms with van der Waals surface area (Å²) < 4.78 is 0. The van der Waals surface area contributed by atoms with Gasteiger partial charge in [-0.15, -0.1) is 0 Å². The molecule has 1 aliphatic rings. The third kappa shape index (κ3) is 3.18. The molecule has 1 fully saturated rings. The number of hydrogen-bond donors (Lipinski definition) is 2. The van der Waals surface area contributed by atoms with Crippen LogP contribution in [0.5, 0.6) is 0 Å². The second-order valence-corrected chi connectivity index (χ2v) is 6.76. The van der Waals surface area contributed by atoms with Gasteiger partial charge in [0.1, 0.15) is 0 Å². The number of benzene rings is 2. The van der Waals surface area contributed by atoms with Gasteiger partial charge in [-0.1, -0.05) is 48.5 Å². The Morgan fingerprint density at radius 3 is 2.42 bits per heavy atom. The zero-order chi connectivity index (χ0) is 16.4. The molecule has 24 heavy (non-hydrogen) atoms. The lowest BCUT2D eigenvalue weighted by Crippen LogP contribution is -2.43. The van der Waals surface area contributed by atoms with Crippen LogP contribution in [-0.4, -0.2) is 28.8 Å². The lowest BCUT2D eigenvalue weighted by atomic mass is 9.86. The van der Waals surface area contributed by atoms with Crippen molar-refractivity contribution in [1.82, 2.24) is 10.3 Å². The molecule has 0 saturated carbocycles. The first kappa shape index (κ1) is 15.3. The molecule has 1 saturated heterocycles. The Kier molecular flexibility index (Phi) is 4.05. The van der Waals surface area contributed by atoms with E-state index < -0.39 is 5.60 Å². The van der Waals surface area contributed by atoms with Crippen LogP contribution in [0.4, 0.5) is 0 Å². The van der Waals surface area contributed by atoms with E-state index in [1.165, 1.54) is 10.9 Å².